The highest BCUT2D eigenvalue weighted by Crippen LogP contribution is 2.31. The van der Waals surface area contributed by atoms with E-state index in [0.717, 1.165) is 5.56 Å². The molecule has 0 fully saturated rings. The van der Waals surface area contributed by atoms with E-state index in [1.807, 2.05) is 19.1 Å². The Morgan fingerprint density at radius 3 is 2.00 bits per heavy atom. The molecular formula is C10H14Cl4. The van der Waals surface area contributed by atoms with Crippen molar-refractivity contribution in [2.24, 2.45) is 0 Å². The van der Waals surface area contributed by atoms with Crippen molar-refractivity contribution in [3.05, 3.63) is 33.3 Å². The zero-order valence-electron chi connectivity index (χ0n) is 8.30. The molecule has 0 saturated heterocycles. The summed E-state index contributed by atoms with van der Waals surface area (Å²) in [7, 11) is 0. The molecule has 1 aromatic rings. The van der Waals surface area contributed by atoms with Crippen LogP contribution in [0, 0.1) is 6.92 Å². The lowest BCUT2D eigenvalue weighted by Crippen LogP contribution is -1.92. The van der Waals surface area contributed by atoms with Gasteiger partial charge in [0.1, 0.15) is 0 Å². The maximum Gasteiger partial charge on any atom is 0.0624 e. The highest BCUT2D eigenvalue weighted by atomic mass is 35.5. The Balaban J connectivity index is 0. The molecule has 4 heteroatoms. The first-order chi connectivity index (χ1) is 5.54. The van der Waals surface area contributed by atoms with Crippen LogP contribution in [0.2, 0.25) is 10.0 Å². The second-order valence-corrected chi connectivity index (χ2v) is 4.02. The predicted molar refractivity (Wildman–Crippen MR) is 69.8 cm³/mol. The van der Waals surface area contributed by atoms with Gasteiger partial charge in [0.25, 0.3) is 0 Å². The molecule has 0 saturated carbocycles. The van der Waals surface area contributed by atoms with Crippen molar-refractivity contribution < 1.29 is 0 Å². The van der Waals surface area contributed by atoms with Crippen molar-refractivity contribution in [3.8, 4) is 0 Å². The van der Waals surface area contributed by atoms with Crippen LogP contribution in [0.25, 0.3) is 0 Å². The highest BCUT2D eigenvalue weighted by molar-refractivity contribution is 6.42. The fourth-order valence-corrected chi connectivity index (χ4v) is 1.67. The van der Waals surface area contributed by atoms with Crippen LogP contribution in [0.1, 0.15) is 30.9 Å². The van der Waals surface area contributed by atoms with Crippen LogP contribution in [0.4, 0.5) is 0 Å². The minimum absolute atomic E-state index is 0. The number of hydrogen-bond donors (Lipinski definition) is 0. The monoisotopic (exact) mass is 274 g/mol. The summed E-state index contributed by atoms with van der Waals surface area (Å²) in [6, 6.07) is 3.89. The molecule has 0 spiro atoms. The van der Waals surface area contributed by atoms with Crippen molar-refractivity contribution in [3.63, 3.8) is 0 Å². The molecule has 1 aromatic carbocycles. The van der Waals surface area contributed by atoms with Gasteiger partial charge >= 0.3 is 0 Å². The van der Waals surface area contributed by atoms with E-state index in [1.54, 1.807) is 0 Å². The predicted octanol–water partition coefficient (Wildman–Crippen LogP) is 5.27. The van der Waals surface area contributed by atoms with Gasteiger partial charge < -0.3 is 0 Å². The number of benzene rings is 1. The Kier molecular flexibility index (Phi) is 8.15. The van der Waals surface area contributed by atoms with E-state index >= 15 is 0 Å². The summed E-state index contributed by atoms with van der Waals surface area (Å²) < 4.78 is 0. The third-order valence-electron chi connectivity index (χ3n) is 2.00. The Labute approximate surface area is 108 Å². The SMILES string of the molecule is Cc1c(C(C)C)ccc(Cl)c1Cl.Cl.Cl. The van der Waals surface area contributed by atoms with E-state index in [9.17, 15) is 0 Å². The van der Waals surface area contributed by atoms with E-state index in [1.165, 1.54) is 5.56 Å². The van der Waals surface area contributed by atoms with E-state index in [0.29, 0.717) is 16.0 Å². The van der Waals surface area contributed by atoms with Crippen molar-refractivity contribution in [2.45, 2.75) is 26.7 Å². The fourth-order valence-electron chi connectivity index (χ4n) is 1.29. The Morgan fingerprint density at radius 2 is 1.57 bits per heavy atom. The molecule has 0 unspecified atom stereocenters. The molecule has 0 nitrogen and oxygen atoms in total. The van der Waals surface area contributed by atoms with Gasteiger partial charge in [0, 0.05) is 0 Å². The van der Waals surface area contributed by atoms with Crippen molar-refractivity contribution in [2.75, 3.05) is 0 Å². The van der Waals surface area contributed by atoms with Crippen LogP contribution >= 0.6 is 48.0 Å². The Hall–Kier alpha value is 0.380. The minimum atomic E-state index is 0. The molecule has 1 rings (SSSR count). The summed E-state index contributed by atoms with van der Waals surface area (Å²) in [5.74, 6) is 0.500. The van der Waals surface area contributed by atoms with Gasteiger partial charge in [-0.3, -0.25) is 0 Å². The third-order valence-corrected chi connectivity index (χ3v) is 2.90. The molecule has 0 radical (unpaired) electrons. The van der Waals surface area contributed by atoms with E-state index in [2.05, 4.69) is 13.8 Å². The second kappa shape index (κ2) is 6.79. The van der Waals surface area contributed by atoms with Crippen LogP contribution in [0.15, 0.2) is 12.1 Å². The maximum absolute atomic E-state index is 5.99. The lowest BCUT2D eigenvalue weighted by Gasteiger charge is -2.11. The first-order valence-electron chi connectivity index (χ1n) is 3.98. The number of rotatable bonds is 1. The van der Waals surface area contributed by atoms with Gasteiger partial charge in [0.15, 0.2) is 0 Å². The summed E-state index contributed by atoms with van der Waals surface area (Å²) in [6.45, 7) is 6.29. The summed E-state index contributed by atoms with van der Waals surface area (Å²) in [5, 5.41) is 1.32. The van der Waals surface area contributed by atoms with Crippen molar-refractivity contribution in [1.29, 1.82) is 0 Å². The van der Waals surface area contributed by atoms with Gasteiger partial charge in [-0.25, -0.2) is 0 Å². The number of halogens is 4. The topological polar surface area (TPSA) is 0 Å². The molecule has 0 aromatic heterocycles. The first kappa shape index (κ1) is 16.8. The molecule has 0 aliphatic heterocycles. The number of hydrogen-bond acceptors (Lipinski definition) is 0. The van der Waals surface area contributed by atoms with Gasteiger partial charge in [-0.05, 0) is 30.0 Å². The average Bonchev–Trinajstić information content (AvgIpc) is 2.00. The molecule has 0 bridgehead atoms. The summed E-state index contributed by atoms with van der Waals surface area (Å²) in [5.41, 5.74) is 2.36. The molecule has 0 aliphatic rings. The molecule has 82 valence electrons. The quantitative estimate of drug-likeness (QED) is 0.655. The zero-order chi connectivity index (χ0) is 9.30. The molecule has 0 N–H and O–H groups in total. The van der Waals surface area contributed by atoms with Gasteiger partial charge in [-0.2, -0.15) is 0 Å². The molecule has 0 amide bonds. The smallest absolute Gasteiger partial charge is 0.0624 e. The normalized spacial score (nSPS) is 9.29. The standard InChI is InChI=1S/C10H12Cl2.2ClH/c1-6(2)8-4-5-9(11)10(12)7(8)3;;/h4-6H,1-3H3;2*1H. The molecular weight excluding hydrogens is 262 g/mol. The Morgan fingerprint density at radius 1 is 1.07 bits per heavy atom. The van der Waals surface area contributed by atoms with Crippen LogP contribution in [-0.4, -0.2) is 0 Å². The summed E-state index contributed by atoms with van der Waals surface area (Å²) >= 11 is 11.9. The second-order valence-electron chi connectivity index (χ2n) is 3.23. The fraction of sp³-hybridized carbons (Fsp3) is 0.400. The molecule has 14 heavy (non-hydrogen) atoms. The van der Waals surface area contributed by atoms with Crippen LogP contribution < -0.4 is 0 Å². The van der Waals surface area contributed by atoms with Crippen molar-refractivity contribution >= 4 is 48.0 Å². The largest absolute Gasteiger partial charge is 0.147 e. The van der Waals surface area contributed by atoms with Gasteiger partial charge in [-0.15, -0.1) is 24.8 Å². The minimum Gasteiger partial charge on any atom is -0.147 e. The Bertz CT molecular complexity index is 294. The van der Waals surface area contributed by atoms with Gasteiger partial charge in [0.2, 0.25) is 0 Å². The summed E-state index contributed by atoms with van der Waals surface area (Å²) in [4.78, 5) is 0. The molecule has 0 aliphatic carbocycles. The zero-order valence-corrected chi connectivity index (χ0v) is 11.4. The lowest BCUT2D eigenvalue weighted by molar-refractivity contribution is 0.857. The third kappa shape index (κ3) is 3.51. The molecule has 0 atom stereocenters. The van der Waals surface area contributed by atoms with Crippen LogP contribution in [0.3, 0.4) is 0 Å². The first-order valence-corrected chi connectivity index (χ1v) is 4.74. The van der Waals surface area contributed by atoms with E-state index in [-0.39, 0.29) is 24.8 Å². The molecule has 0 heterocycles. The van der Waals surface area contributed by atoms with Gasteiger partial charge in [-0.1, -0.05) is 43.1 Å². The average molecular weight is 276 g/mol. The summed E-state index contributed by atoms with van der Waals surface area (Å²) in [6.07, 6.45) is 0. The lowest BCUT2D eigenvalue weighted by atomic mass is 9.98. The maximum atomic E-state index is 5.99. The van der Waals surface area contributed by atoms with E-state index in [4.69, 9.17) is 23.2 Å². The van der Waals surface area contributed by atoms with Gasteiger partial charge in [0.05, 0.1) is 10.0 Å². The van der Waals surface area contributed by atoms with Crippen LogP contribution in [-0.2, 0) is 0 Å². The van der Waals surface area contributed by atoms with Crippen LogP contribution in [0.5, 0.6) is 0 Å². The van der Waals surface area contributed by atoms with E-state index < -0.39 is 0 Å². The highest BCUT2D eigenvalue weighted by Gasteiger charge is 2.08. The van der Waals surface area contributed by atoms with Crippen molar-refractivity contribution in [1.82, 2.24) is 0 Å².